The number of amides is 1. The van der Waals surface area contributed by atoms with Gasteiger partial charge in [-0.15, -0.1) is 0 Å². The maximum Gasteiger partial charge on any atom is 0.224 e. The summed E-state index contributed by atoms with van der Waals surface area (Å²) >= 11 is 0. The van der Waals surface area contributed by atoms with Crippen LogP contribution in [-0.2, 0) is 14.8 Å². The van der Waals surface area contributed by atoms with E-state index in [1.165, 1.54) is 10.6 Å². The first-order chi connectivity index (χ1) is 9.91. The molecule has 0 aromatic rings. The van der Waals surface area contributed by atoms with Crippen LogP contribution in [0.25, 0.3) is 0 Å². The van der Waals surface area contributed by atoms with Crippen LogP contribution in [-0.4, -0.2) is 86.5 Å². The van der Waals surface area contributed by atoms with Gasteiger partial charge in [0.25, 0.3) is 0 Å². The Kier molecular flexibility index (Phi) is 5.59. The third-order valence-corrected chi connectivity index (χ3v) is 5.70. The zero-order valence-electron chi connectivity index (χ0n) is 12.7. The lowest BCUT2D eigenvalue weighted by atomic mass is 10.1. The van der Waals surface area contributed by atoms with Crippen molar-refractivity contribution >= 4 is 15.9 Å². The topological polar surface area (TPSA) is 87.0 Å². The lowest BCUT2D eigenvalue weighted by Gasteiger charge is -2.38. The van der Waals surface area contributed by atoms with Crippen LogP contribution >= 0.6 is 0 Å². The van der Waals surface area contributed by atoms with E-state index in [1.54, 1.807) is 0 Å². The van der Waals surface area contributed by atoms with Gasteiger partial charge in [0.15, 0.2) is 0 Å². The summed E-state index contributed by atoms with van der Waals surface area (Å²) in [7, 11) is -3.12. The molecule has 2 aliphatic rings. The molecule has 1 unspecified atom stereocenters. The largest absolute Gasteiger partial charge is 0.343 e. The second kappa shape index (κ2) is 7.04. The summed E-state index contributed by atoms with van der Waals surface area (Å²) in [6.07, 6.45) is 3.85. The molecule has 8 heteroatoms. The smallest absolute Gasteiger partial charge is 0.224 e. The lowest BCUT2D eigenvalue weighted by Crippen LogP contribution is -2.54. The number of hydrogen-bond acceptors (Lipinski definition) is 5. The highest BCUT2D eigenvalue weighted by atomic mass is 32.2. The van der Waals surface area contributed by atoms with Gasteiger partial charge in [0.05, 0.1) is 6.26 Å². The molecule has 2 N–H and O–H groups in total. The molecule has 0 saturated carbocycles. The first-order valence-electron chi connectivity index (χ1n) is 7.59. The number of rotatable bonds is 5. The Hall–Kier alpha value is -0.700. The van der Waals surface area contributed by atoms with Crippen LogP contribution in [0.2, 0.25) is 0 Å². The number of carbonyl (C=O) groups excluding carboxylic acids is 1. The molecule has 2 saturated heterocycles. The quantitative estimate of drug-likeness (QED) is 0.695. The second-order valence-corrected chi connectivity index (χ2v) is 7.86. The summed E-state index contributed by atoms with van der Waals surface area (Å²) < 4.78 is 24.5. The zero-order valence-corrected chi connectivity index (χ0v) is 13.5. The molecule has 21 heavy (non-hydrogen) atoms. The Balaban J connectivity index is 1.86. The van der Waals surface area contributed by atoms with Crippen molar-refractivity contribution in [3.05, 3.63) is 0 Å². The second-order valence-electron chi connectivity index (χ2n) is 5.88. The van der Waals surface area contributed by atoms with Crippen molar-refractivity contribution in [2.75, 3.05) is 52.1 Å². The highest BCUT2D eigenvalue weighted by Crippen LogP contribution is 2.15. The van der Waals surface area contributed by atoms with Crippen molar-refractivity contribution in [2.45, 2.75) is 25.3 Å². The van der Waals surface area contributed by atoms with Gasteiger partial charge in [-0.05, 0) is 12.8 Å². The maximum atomic E-state index is 12.2. The molecule has 0 radical (unpaired) electrons. The zero-order chi connectivity index (χ0) is 15.5. The predicted molar refractivity (Wildman–Crippen MR) is 81.3 cm³/mol. The summed E-state index contributed by atoms with van der Waals surface area (Å²) in [6.45, 7) is 4.39. The van der Waals surface area contributed by atoms with Gasteiger partial charge >= 0.3 is 0 Å². The van der Waals surface area contributed by atoms with Gasteiger partial charge in [0.1, 0.15) is 0 Å². The lowest BCUT2D eigenvalue weighted by molar-refractivity contribution is -0.131. The molecular weight excluding hydrogens is 292 g/mol. The van der Waals surface area contributed by atoms with Gasteiger partial charge in [-0.25, -0.2) is 8.42 Å². The predicted octanol–water partition coefficient (Wildman–Crippen LogP) is -1.10. The summed E-state index contributed by atoms with van der Waals surface area (Å²) in [5.74, 6) is 0.175. The van der Waals surface area contributed by atoms with Crippen LogP contribution in [0.15, 0.2) is 0 Å². The molecule has 0 aliphatic carbocycles. The molecule has 0 aromatic carbocycles. The van der Waals surface area contributed by atoms with Crippen LogP contribution in [0.4, 0.5) is 0 Å². The van der Waals surface area contributed by atoms with E-state index < -0.39 is 10.0 Å². The molecule has 0 bridgehead atoms. The van der Waals surface area contributed by atoms with Gasteiger partial charge in [0.2, 0.25) is 15.9 Å². The molecule has 1 atom stereocenters. The normalized spacial score (nSPS) is 23.4. The van der Waals surface area contributed by atoms with Gasteiger partial charge in [0, 0.05) is 58.3 Å². The first-order valence-corrected chi connectivity index (χ1v) is 9.43. The fourth-order valence-corrected chi connectivity index (χ4v) is 3.89. The fourth-order valence-electron chi connectivity index (χ4n) is 3.06. The summed E-state index contributed by atoms with van der Waals surface area (Å²) in [6, 6.07) is 0.0137. The average molecular weight is 318 g/mol. The Morgan fingerprint density at radius 3 is 2.14 bits per heavy atom. The number of nitrogens with zero attached hydrogens (tertiary/aromatic N) is 3. The van der Waals surface area contributed by atoms with E-state index in [0.29, 0.717) is 39.1 Å². The number of carbonyl (C=O) groups is 1. The van der Waals surface area contributed by atoms with Crippen molar-refractivity contribution in [1.82, 2.24) is 14.1 Å². The van der Waals surface area contributed by atoms with Crippen LogP contribution in [0.3, 0.4) is 0 Å². The standard InChI is InChI=1S/C13H26N4O3S/c1-21(19,20)17-8-6-15(7-9-17)12(11-14)10-13(18)16-4-2-3-5-16/h12H,2-11,14H2,1H3. The number of nitrogens with two attached hydrogens (primary N) is 1. The minimum absolute atomic E-state index is 0.0137. The maximum absolute atomic E-state index is 12.2. The molecular formula is C13H26N4O3S. The van der Waals surface area contributed by atoms with Crippen molar-refractivity contribution in [3.8, 4) is 0 Å². The molecule has 2 rings (SSSR count). The molecule has 2 heterocycles. The number of piperazine rings is 1. The molecule has 1 amide bonds. The van der Waals surface area contributed by atoms with Crippen molar-refractivity contribution in [3.63, 3.8) is 0 Å². The van der Waals surface area contributed by atoms with E-state index in [9.17, 15) is 13.2 Å². The Morgan fingerprint density at radius 1 is 1.10 bits per heavy atom. The van der Waals surface area contributed by atoms with Crippen LogP contribution in [0.1, 0.15) is 19.3 Å². The SMILES string of the molecule is CS(=O)(=O)N1CCN(C(CN)CC(=O)N2CCCC2)CC1. The van der Waals surface area contributed by atoms with E-state index in [-0.39, 0.29) is 11.9 Å². The molecule has 122 valence electrons. The average Bonchev–Trinajstić information content (AvgIpc) is 2.98. The first kappa shape index (κ1) is 16.7. The third kappa shape index (κ3) is 4.38. The fraction of sp³-hybridized carbons (Fsp3) is 0.923. The summed E-state index contributed by atoms with van der Waals surface area (Å²) in [4.78, 5) is 16.3. The molecule has 7 nitrogen and oxygen atoms in total. The number of hydrogen-bond donors (Lipinski definition) is 1. The van der Waals surface area contributed by atoms with E-state index in [1.807, 2.05) is 4.90 Å². The van der Waals surface area contributed by atoms with Gasteiger partial charge in [-0.1, -0.05) is 0 Å². The Morgan fingerprint density at radius 2 is 1.67 bits per heavy atom. The van der Waals surface area contributed by atoms with Crippen LogP contribution < -0.4 is 5.73 Å². The van der Waals surface area contributed by atoms with Crippen molar-refractivity contribution < 1.29 is 13.2 Å². The van der Waals surface area contributed by atoms with E-state index in [0.717, 1.165) is 25.9 Å². The minimum atomic E-state index is -3.12. The van der Waals surface area contributed by atoms with Gasteiger partial charge in [-0.3, -0.25) is 9.69 Å². The molecule has 2 fully saturated rings. The number of sulfonamides is 1. The summed E-state index contributed by atoms with van der Waals surface area (Å²) in [5, 5.41) is 0. The van der Waals surface area contributed by atoms with Crippen molar-refractivity contribution in [2.24, 2.45) is 5.73 Å². The molecule has 2 aliphatic heterocycles. The van der Waals surface area contributed by atoms with E-state index >= 15 is 0 Å². The van der Waals surface area contributed by atoms with Crippen LogP contribution in [0.5, 0.6) is 0 Å². The Labute approximate surface area is 127 Å². The molecule has 0 aromatic heterocycles. The number of likely N-dealkylation sites (tertiary alicyclic amines) is 1. The Bertz CT molecular complexity index is 454. The molecule has 0 spiro atoms. The van der Waals surface area contributed by atoms with Crippen LogP contribution in [0, 0.1) is 0 Å². The monoisotopic (exact) mass is 318 g/mol. The third-order valence-electron chi connectivity index (χ3n) is 4.40. The van der Waals surface area contributed by atoms with E-state index in [2.05, 4.69) is 4.90 Å². The van der Waals surface area contributed by atoms with E-state index in [4.69, 9.17) is 5.73 Å². The van der Waals surface area contributed by atoms with Gasteiger partial charge < -0.3 is 10.6 Å². The highest BCUT2D eigenvalue weighted by Gasteiger charge is 2.29. The van der Waals surface area contributed by atoms with Crippen molar-refractivity contribution in [1.29, 1.82) is 0 Å². The highest BCUT2D eigenvalue weighted by molar-refractivity contribution is 7.88. The van der Waals surface area contributed by atoms with Gasteiger partial charge in [-0.2, -0.15) is 4.31 Å². The minimum Gasteiger partial charge on any atom is -0.343 e. The summed E-state index contributed by atoms with van der Waals surface area (Å²) in [5.41, 5.74) is 5.83.